The fourth-order valence-corrected chi connectivity index (χ4v) is 14.4. The number of rotatable bonds is 11. The number of aryl methyl sites for hydroxylation is 7. The third-order valence-electron chi connectivity index (χ3n) is 20.2. The number of nitrogens with zero attached hydrogens (tertiary/aromatic N) is 10. The van der Waals surface area contributed by atoms with E-state index in [1.54, 1.807) is 0 Å². The van der Waals surface area contributed by atoms with Crippen LogP contribution in [0.15, 0.2) is 262 Å². The topological polar surface area (TPSA) is 32.4 Å². The highest BCUT2D eigenvalue weighted by Crippen LogP contribution is 2.45. The highest BCUT2D eigenvalue weighted by atomic mass is 15.4. The summed E-state index contributed by atoms with van der Waals surface area (Å²) >= 11 is 0. The molecule has 0 fully saturated rings. The zero-order chi connectivity index (χ0) is 70.8. The predicted molar refractivity (Wildman–Crippen MR) is 428 cm³/mol. The quantitative estimate of drug-likeness (QED) is 0.125. The van der Waals surface area contributed by atoms with E-state index in [4.69, 9.17) is 0 Å². The SMILES string of the molecule is Cc1ccccc1N1C=CN(C(C)C)[C@H]1C.Cc1ccccc1N1C=CN(c2c(C(C)C)cccc2C(C)C)[C@H]1C.Cc1ccccc1N1C=CN(c2c(C)cccc2C)[C@H]1C.Cc1ccccc1N1C=CN(c2ccccc2)[C@H]1C.Cc1ccccc1N1c2ccccc2N(C)[C@H]1C. The van der Waals surface area contributed by atoms with E-state index in [1.807, 2.05) is 6.07 Å². The summed E-state index contributed by atoms with van der Waals surface area (Å²) in [6, 6.07) is 75.6. The maximum atomic E-state index is 2.44. The van der Waals surface area contributed by atoms with Crippen LogP contribution in [0.5, 0.6) is 0 Å². The van der Waals surface area contributed by atoms with Crippen molar-refractivity contribution in [2.45, 2.75) is 173 Å². The molecule has 5 atom stereocenters. The van der Waals surface area contributed by atoms with Gasteiger partial charge in [0, 0.05) is 108 Å². The molecule has 0 aliphatic carbocycles. The maximum absolute atomic E-state index is 2.44. The zero-order valence-corrected chi connectivity index (χ0v) is 62.4. The molecule has 10 nitrogen and oxygen atoms in total. The summed E-state index contributed by atoms with van der Waals surface area (Å²) in [5.41, 5.74) is 25.0. The Morgan fingerprint density at radius 3 is 0.949 bits per heavy atom. The summed E-state index contributed by atoms with van der Waals surface area (Å²) in [6.07, 6.45) is 19.1. The first-order valence-corrected chi connectivity index (χ1v) is 35.7. The molecule has 0 N–H and O–H groups in total. The Kier molecular flexibility index (Phi) is 23.2. The van der Waals surface area contributed by atoms with Gasteiger partial charge in [-0.25, -0.2) is 0 Å². The van der Waals surface area contributed by atoms with E-state index in [0.717, 1.165) is 0 Å². The van der Waals surface area contributed by atoms with E-state index in [-0.39, 0.29) is 12.3 Å². The standard InChI is InChI=1S/C23H30N2.C19H22N2.C17H18N2.C16H18N2.C14H20N2/c1-16(2)20-11-9-12-21(17(3)4)23(20)25-15-14-24(19(25)6)22-13-8-7-10-18(22)5;1-14-8-5-6-11-18(14)20-12-13-21(17(20)4)19-15(2)9-7-10-16(19)3;1-14-8-6-7-11-17(14)19-13-12-18(15(19)2)16-9-4-3-5-10-16;1-12-8-4-5-9-14(12)18-13(2)17(3)15-10-6-7-11-16(15)18;1-11(2)15-9-10-16(13(15)4)14-8-6-5-7-12(14)3/h7-17,19H,1-6H3;5-13,17H,1-4H3;3-13,15H,1-2H3;4-11,13H,1-3H3;5-11,13H,1-4H3/t19-;17-;15-;2*13-/m00111/s1. The average molecular weight is 1320 g/mol. The molecule has 0 amide bonds. The number of anilines is 10. The molecule has 0 unspecified atom stereocenters. The van der Waals surface area contributed by atoms with Gasteiger partial charge in [-0.2, -0.15) is 0 Å². The van der Waals surface area contributed by atoms with Crippen molar-refractivity contribution in [3.8, 4) is 0 Å². The monoisotopic (exact) mass is 1320 g/mol. The maximum Gasteiger partial charge on any atom is 0.107 e. The van der Waals surface area contributed by atoms with Gasteiger partial charge in [0.25, 0.3) is 0 Å². The second-order valence-corrected chi connectivity index (χ2v) is 27.8. The van der Waals surface area contributed by atoms with Crippen molar-refractivity contribution >= 4 is 56.9 Å². The summed E-state index contributed by atoms with van der Waals surface area (Å²) in [7, 11) is 2.15. The van der Waals surface area contributed by atoms with Crippen LogP contribution in [0.2, 0.25) is 0 Å². The molecular weight excluding hydrogens is 1210 g/mol. The molecule has 10 heteroatoms. The van der Waals surface area contributed by atoms with Crippen LogP contribution in [0.3, 0.4) is 0 Å². The van der Waals surface area contributed by atoms with Gasteiger partial charge < -0.3 is 49.0 Å². The smallest absolute Gasteiger partial charge is 0.107 e. The lowest BCUT2D eigenvalue weighted by Crippen LogP contribution is -2.39. The second kappa shape index (κ2) is 32.1. The summed E-state index contributed by atoms with van der Waals surface area (Å²) in [6.45, 7) is 40.0. The molecule has 5 aliphatic rings. The van der Waals surface area contributed by atoms with Gasteiger partial charge >= 0.3 is 0 Å². The number of fused-ring (bicyclic) bond motifs is 1. The van der Waals surface area contributed by atoms with E-state index in [2.05, 4.69) is 437 Å². The Bertz CT molecular complexity index is 4230. The van der Waals surface area contributed by atoms with E-state index in [1.165, 1.54) is 107 Å². The minimum Gasteiger partial charge on any atom is -0.353 e. The van der Waals surface area contributed by atoms with Crippen LogP contribution in [0.25, 0.3) is 0 Å². The minimum atomic E-state index is 0.262. The van der Waals surface area contributed by atoms with Gasteiger partial charge in [0.05, 0.1) is 11.4 Å². The molecule has 5 heterocycles. The van der Waals surface area contributed by atoms with E-state index < -0.39 is 0 Å². The van der Waals surface area contributed by atoms with E-state index in [9.17, 15) is 0 Å². The molecule has 0 saturated heterocycles. The molecule has 5 aliphatic heterocycles. The Hall–Kier alpha value is -10.1. The number of para-hydroxylation sites is 10. The van der Waals surface area contributed by atoms with Gasteiger partial charge in [0.1, 0.15) is 30.8 Å². The Balaban J connectivity index is 0.000000135. The Morgan fingerprint density at radius 2 is 0.556 bits per heavy atom. The highest BCUT2D eigenvalue weighted by Gasteiger charge is 2.34. The largest absolute Gasteiger partial charge is 0.353 e. The lowest BCUT2D eigenvalue weighted by atomic mass is 9.92. The molecule has 0 aromatic heterocycles. The molecule has 14 rings (SSSR count). The van der Waals surface area contributed by atoms with Gasteiger partial charge in [-0.3, -0.25) is 0 Å². The molecule has 0 radical (unpaired) electrons. The van der Waals surface area contributed by atoms with E-state index in [0.29, 0.717) is 36.4 Å². The van der Waals surface area contributed by atoms with Gasteiger partial charge in [-0.1, -0.05) is 185 Å². The number of hydrogen-bond donors (Lipinski definition) is 0. The highest BCUT2D eigenvalue weighted by molar-refractivity contribution is 5.84. The molecule has 9 aromatic carbocycles. The summed E-state index contributed by atoms with van der Waals surface area (Å²) in [5.74, 6) is 1.00. The van der Waals surface area contributed by atoms with Crippen molar-refractivity contribution in [1.82, 2.24) is 4.90 Å². The van der Waals surface area contributed by atoms with Gasteiger partial charge in [-0.15, -0.1) is 0 Å². The predicted octanol–water partition coefficient (Wildman–Crippen LogP) is 22.6. The summed E-state index contributed by atoms with van der Waals surface area (Å²) in [5, 5.41) is 0. The van der Waals surface area contributed by atoms with E-state index >= 15 is 0 Å². The first kappa shape index (κ1) is 71.7. The van der Waals surface area contributed by atoms with Crippen LogP contribution >= 0.6 is 0 Å². The van der Waals surface area contributed by atoms with Crippen molar-refractivity contribution in [1.29, 1.82) is 0 Å². The third kappa shape index (κ3) is 15.6. The minimum absolute atomic E-state index is 0.262. The van der Waals surface area contributed by atoms with Crippen molar-refractivity contribution in [2.75, 3.05) is 51.1 Å². The lowest BCUT2D eigenvalue weighted by molar-refractivity contribution is 0.263. The van der Waals surface area contributed by atoms with Crippen LogP contribution < -0.4 is 44.1 Å². The van der Waals surface area contributed by atoms with Gasteiger partial charge in [-0.05, 0) is 213 Å². The molecule has 514 valence electrons. The Labute approximate surface area is 594 Å². The zero-order valence-electron chi connectivity index (χ0n) is 62.4. The normalized spacial score (nSPS) is 18.1. The molecule has 0 saturated carbocycles. The summed E-state index contributed by atoms with van der Waals surface area (Å²) in [4.78, 5) is 23.5. The second-order valence-electron chi connectivity index (χ2n) is 27.8. The molecule has 9 aromatic rings. The fraction of sp³-hybridized carbons (Fsp3) is 0.303. The number of hydrogen-bond acceptors (Lipinski definition) is 10. The first-order valence-electron chi connectivity index (χ1n) is 35.7. The van der Waals surface area contributed by atoms with Crippen LogP contribution in [0.4, 0.5) is 56.9 Å². The molecular formula is C89H108N10. The molecule has 99 heavy (non-hydrogen) atoms. The van der Waals surface area contributed by atoms with Crippen LogP contribution in [0.1, 0.15) is 138 Å². The Morgan fingerprint density at radius 1 is 0.253 bits per heavy atom. The van der Waals surface area contributed by atoms with Crippen molar-refractivity contribution < 1.29 is 0 Å². The molecule has 0 spiro atoms. The third-order valence-corrected chi connectivity index (χ3v) is 20.2. The lowest BCUT2D eigenvalue weighted by Gasteiger charge is -2.34. The van der Waals surface area contributed by atoms with Crippen LogP contribution in [0, 0.1) is 48.5 Å². The molecule has 0 bridgehead atoms. The van der Waals surface area contributed by atoms with Crippen molar-refractivity contribution in [3.05, 3.63) is 312 Å². The van der Waals surface area contributed by atoms with Gasteiger partial charge in [0.2, 0.25) is 0 Å². The van der Waals surface area contributed by atoms with Crippen LogP contribution in [-0.4, -0.2) is 48.8 Å². The van der Waals surface area contributed by atoms with Crippen molar-refractivity contribution in [3.63, 3.8) is 0 Å². The average Bonchev–Trinajstić information content (AvgIpc) is 1.63. The van der Waals surface area contributed by atoms with Crippen molar-refractivity contribution in [2.24, 2.45) is 0 Å². The number of benzene rings is 9. The fourth-order valence-electron chi connectivity index (χ4n) is 14.4. The van der Waals surface area contributed by atoms with Crippen LogP contribution in [-0.2, 0) is 0 Å². The first-order chi connectivity index (χ1) is 47.6. The summed E-state index contributed by atoms with van der Waals surface area (Å²) < 4.78 is 0. The van der Waals surface area contributed by atoms with Gasteiger partial charge in [0.15, 0.2) is 0 Å².